The number of hydrogen-bond acceptors (Lipinski definition) is 6. The van der Waals surface area contributed by atoms with Gasteiger partial charge >= 0.3 is 19.9 Å². The van der Waals surface area contributed by atoms with Gasteiger partial charge in [-0.3, -0.25) is 13.8 Å². The van der Waals surface area contributed by atoms with Crippen LogP contribution in [0.4, 0.5) is 13.2 Å². The second-order valence-corrected chi connectivity index (χ2v) is 9.30. The van der Waals surface area contributed by atoms with Crippen molar-refractivity contribution >= 4 is 13.7 Å². The Kier molecular flexibility index (Phi) is 13.0. The molecule has 0 aliphatic heterocycles. The summed E-state index contributed by atoms with van der Waals surface area (Å²) in [6.07, 6.45) is -0.607. The van der Waals surface area contributed by atoms with Crippen LogP contribution in [0.3, 0.4) is 0 Å². The molecule has 0 bridgehead atoms. The molecule has 11 heteroatoms. The third kappa shape index (κ3) is 12.9. The van der Waals surface area contributed by atoms with E-state index in [0.717, 1.165) is 30.4 Å². The molecule has 0 spiro atoms. The van der Waals surface area contributed by atoms with Crippen molar-refractivity contribution in [3.05, 3.63) is 71.8 Å². The van der Waals surface area contributed by atoms with E-state index in [1.165, 1.54) is 0 Å². The molecule has 0 radical (unpaired) electrons. The fraction of sp³-hybridized carbons (Fsp3) is 0.458. The van der Waals surface area contributed by atoms with E-state index in [1.807, 2.05) is 66.0 Å². The summed E-state index contributed by atoms with van der Waals surface area (Å²) in [7, 11) is -3.98. The lowest BCUT2D eigenvalue weighted by Crippen LogP contribution is -2.37. The van der Waals surface area contributed by atoms with Crippen molar-refractivity contribution in [1.82, 2.24) is 5.32 Å². The normalized spacial score (nSPS) is 12.0. The first kappa shape index (κ1) is 29.0. The van der Waals surface area contributed by atoms with E-state index in [1.54, 1.807) is 0 Å². The molecule has 2 aromatic rings. The van der Waals surface area contributed by atoms with Gasteiger partial charge < -0.3 is 5.32 Å². The molecule has 35 heavy (non-hydrogen) atoms. The van der Waals surface area contributed by atoms with Crippen LogP contribution in [0, 0.1) is 0 Å². The minimum absolute atomic E-state index is 0.00343. The second-order valence-electron chi connectivity index (χ2n) is 7.74. The summed E-state index contributed by atoms with van der Waals surface area (Å²) in [5.41, 5.74) is 1.61. The van der Waals surface area contributed by atoms with E-state index in [2.05, 4.69) is 0 Å². The number of alkyl halides is 3. The highest BCUT2D eigenvalue weighted by molar-refractivity contribution is 7.48. The molecule has 0 saturated heterocycles. The molecule has 0 fully saturated rings. The number of rotatable bonds is 17. The number of nitrogens with one attached hydrogen (secondary N) is 1. The number of amides is 1. The Hall–Kier alpha value is -2.23. The molecule has 0 aliphatic carbocycles. The highest BCUT2D eigenvalue weighted by Crippen LogP contribution is 2.51. The average molecular weight is 517 g/mol. The minimum atomic E-state index is -4.84. The molecule has 0 unspecified atom stereocenters. The Morgan fingerprint density at radius 2 is 1.26 bits per heavy atom. The van der Waals surface area contributed by atoms with Gasteiger partial charge in [0, 0.05) is 6.54 Å². The molecule has 0 aliphatic rings. The Morgan fingerprint density at radius 3 is 1.77 bits per heavy atom. The summed E-state index contributed by atoms with van der Waals surface area (Å²) < 4.78 is 65.2. The molecule has 1 amide bonds. The summed E-state index contributed by atoms with van der Waals surface area (Å²) in [5.74, 6) is -1.91. The SMILES string of the molecule is O=C(NCCCCCCCCOOP(=O)(OCc1ccccc1)OCc1ccccc1)C(F)(F)F. The van der Waals surface area contributed by atoms with Gasteiger partial charge in [0.1, 0.15) is 0 Å². The van der Waals surface area contributed by atoms with E-state index < -0.39 is 19.9 Å². The lowest BCUT2D eigenvalue weighted by molar-refractivity contribution is -0.228. The maximum Gasteiger partial charge on any atom is 0.502 e. The number of phosphoric ester groups is 1. The fourth-order valence-electron chi connectivity index (χ4n) is 2.93. The van der Waals surface area contributed by atoms with E-state index in [9.17, 15) is 22.5 Å². The van der Waals surface area contributed by atoms with Crippen LogP contribution < -0.4 is 5.32 Å². The first-order valence-corrected chi connectivity index (χ1v) is 12.9. The number of carbonyl (C=O) groups excluding carboxylic acids is 1. The molecule has 194 valence electrons. The van der Waals surface area contributed by atoms with Crippen LogP contribution in [-0.2, 0) is 41.2 Å². The van der Waals surface area contributed by atoms with E-state index in [4.69, 9.17) is 18.6 Å². The van der Waals surface area contributed by atoms with Crippen LogP contribution in [-0.4, -0.2) is 25.2 Å². The van der Waals surface area contributed by atoms with Crippen molar-refractivity contribution in [2.75, 3.05) is 13.2 Å². The highest BCUT2D eigenvalue weighted by Gasteiger charge is 2.38. The van der Waals surface area contributed by atoms with Gasteiger partial charge in [-0.2, -0.15) is 13.2 Å². The Bertz CT molecular complexity index is 852. The van der Waals surface area contributed by atoms with Gasteiger partial charge in [-0.25, -0.2) is 9.45 Å². The van der Waals surface area contributed by atoms with Crippen LogP contribution in [0.25, 0.3) is 0 Å². The van der Waals surface area contributed by atoms with E-state index in [-0.39, 0.29) is 26.4 Å². The van der Waals surface area contributed by atoms with E-state index in [0.29, 0.717) is 19.3 Å². The number of hydrogen-bond donors (Lipinski definition) is 1. The topological polar surface area (TPSA) is 83.1 Å². The largest absolute Gasteiger partial charge is 0.502 e. The zero-order valence-corrected chi connectivity index (χ0v) is 20.3. The average Bonchev–Trinajstić information content (AvgIpc) is 2.85. The Balaban J connectivity index is 1.62. The van der Waals surface area contributed by atoms with Gasteiger partial charge in [-0.1, -0.05) is 86.3 Å². The molecule has 0 aromatic heterocycles. The summed E-state index contributed by atoms with van der Waals surface area (Å²) in [4.78, 5) is 15.8. The third-order valence-corrected chi connectivity index (χ3v) is 5.98. The zero-order chi connectivity index (χ0) is 25.4. The van der Waals surface area contributed by atoms with E-state index >= 15 is 0 Å². The second kappa shape index (κ2) is 15.7. The molecule has 2 aromatic carbocycles. The minimum Gasteiger partial charge on any atom is -0.348 e. The molecule has 0 atom stereocenters. The molecule has 0 saturated carbocycles. The Morgan fingerprint density at radius 1 is 0.771 bits per heavy atom. The Labute approximate surface area is 203 Å². The van der Waals surface area contributed by atoms with Crippen LogP contribution >= 0.6 is 7.82 Å². The summed E-state index contributed by atoms with van der Waals surface area (Å²) in [6.45, 7) is 0.227. The first-order valence-electron chi connectivity index (χ1n) is 11.4. The number of phosphoric acid groups is 1. The monoisotopic (exact) mass is 517 g/mol. The predicted octanol–water partition coefficient (Wildman–Crippen LogP) is 6.50. The van der Waals surface area contributed by atoms with Crippen molar-refractivity contribution < 1.29 is 41.1 Å². The van der Waals surface area contributed by atoms with Crippen LogP contribution in [0.1, 0.15) is 49.7 Å². The summed E-state index contributed by atoms with van der Waals surface area (Å²) in [6, 6.07) is 18.4. The van der Waals surface area contributed by atoms with Crippen molar-refractivity contribution in [1.29, 1.82) is 0 Å². The van der Waals surface area contributed by atoms with Gasteiger partial charge in [0.15, 0.2) is 0 Å². The molecule has 2 rings (SSSR count). The van der Waals surface area contributed by atoms with Gasteiger partial charge in [-0.15, -0.1) is 4.67 Å². The molecular formula is C24H31F3NO6P. The molecular weight excluding hydrogens is 486 g/mol. The third-order valence-electron chi connectivity index (χ3n) is 4.81. The van der Waals surface area contributed by atoms with Gasteiger partial charge in [0.05, 0.1) is 19.8 Å². The first-order chi connectivity index (χ1) is 16.8. The standard InChI is InChI=1S/C24H31F3NO6P/c25-24(26,27)23(29)28-17-11-3-1-2-4-12-18-31-34-35(30,32-19-21-13-7-5-8-14-21)33-20-22-15-9-6-10-16-22/h5-10,13-16H,1-4,11-12,17-20H2,(H,28,29). The van der Waals surface area contributed by atoms with Gasteiger partial charge in [0.25, 0.3) is 0 Å². The van der Waals surface area contributed by atoms with Crippen molar-refractivity contribution in [2.24, 2.45) is 0 Å². The lowest BCUT2D eigenvalue weighted by atomic mass is 10.1. The molecule has 1 N–H and O–H groups in total. The summed E-state index contributed by atoms with van der Waals surface area (Å²) >= 11 is 0. The number of carbonyl (C=O) groups is 1. The maximum absolute atomic E-state index is 13.0. The molecule has 0 heterocycles. The fourth-order valence-corrected chi connectivity index (χ4v) is 3.91. The zero-order valence-electron chi connectivity index (χ0n) is 19.4. The maximum atomic E-state index is 13.0. The van der Waals surface area contributed by atoms with Gasteiger partial charge in [-0.05, 0) is 24.0 Å². The smallest absolute Gasteiger partial charge is 0.348 e. The van der Waals surface area contributed by atoms with Gasteiger partial charge in [0.2, 0.25) is 0 Å². The highest BCUT2D eigenvalue weighted by atomic mass is 31.2. The predicted molar refractivity (Wildman–Crippen MR) is 124 cm³/mol. The number of unbranched alkanes of at least 4 members (excludes halogenated alkanes) is 5. The lowest BCUT2D eigenvalue weighted by Gasteiger charge is -2.17. The number of benzene rings is 2. The summed E-state index contributed by atoms with van der Waals surface area (Å²) in [5, 5.41) is 1.85. The van der Waals surface area contributed by atoms with Crippen molar-refractivity contribution in [3.8, 4) is 0 Å². The molecule has 7 nitrogen and oxygen atoms in total. The van der Waals surface area contributed by atoms with Crippen LogP contribution in [0.5, 0.6) is 0 Å². The van der Waals surface area contributed by atoms with Crippen molar-refractivity contribution in [3.63, 3.8) is 0 Å². The quantitative estimate of drug-likeness (QED) is 0.112. The van der Waals surface area contributed by atoms with Crippen LogP contribution in [0.2, 0.25) is 0 Å². The van der Waals surface area contributed by atoms with Crippen LogP contribution in [0.15, 0.2) is 60.7 Å². The van der Waals surface area contributed by atoms with Crippen molar-refractivity contribution in [2.45, 2.75) is 57.9 Å². The number of halogens is 3.